The average molecular weight is 855 g/mol. The number of aliphatic hydroxyl groups excluding tert-OH is 1. The summed E-state index contributed by atoms with van der Waals surface area (Å²) in [4.78, 5) is 25.9. The second kappa shape index (κ2) is 18.1. The topological polar surface area (TPSA) is 76.0 Å². The van der Waals surface area contributed by atoms with Crippen molar-refractivity contribution in [2.75, 3.05) is 0 Å². The molecule has 263 valence electrons. The molecule has 49 heavy (non-hydrogen) atoms. The fourth-order valence-electron chi connectivity index (χ4n) is 6.16. The van der Waals surface area contributed by atoms with Crippen LogP contribution in [0.25, 0.3) is 43.6 Å². The minimum Gasteiger partial charge on any atom is -0.512 e. The first-order valence-corrected chi connectivity index (χ1v) is 18.4. The van der Waals surface area contributed by atoms with Crippen molar-refractivity contribution in [1.82, 2.24) is 15.0 Å². The van der Waals surface area contributed by atoms with Crippen LogP contribution in [0.1, 0.15) is 99.1 Å². The Morgan fingerprint density at radius 1 is 0.898 bits per heavy atom. The maximum absolute atomic E-state index is 11.7. The summed E-state index contributed by atoms with van der Waals surface area (Å²) >= 11 is 1.76. The van der Waals surface area contributed by atoms with Crippen molar-refractivity contribution >= 4 is 38.1 Å². The molecule has 5 aromatic rings. The summed E-state index contributed by atoms with van der Waals surface area (Å²) in [7, 11) is 0. The molecule has 0 bridgehead atoms. The largest absolute Gasteiger partial charge is 0.512 e. The van der Waals surface area contributed by atoms with Gasteiger partial charge in [0.25, 0.3) is 0 Å². The smallest absolute Gasteiger partial charge is 0.162 e. The molecule has 0 amide bonds. The maximum atomic E-state index is 11.7. The number of hydrogen-bond donors (Lipinski definition) is 1. The predicted molar refractivity (Wildman–Crippen MR) is 204 cm³/mol. The van der Waals surface area contributed by atoms with Gasteiger partial charge in [0, 0.05) is 43.7 Å². The Balaban J connectivity index is 0.000000347. The number of allylic oxidation sites excluding steroid dienone is 2. The van der Waals surface area contributed by atoms with Crippen molar-refractivity contribution in [2.24, 2.45) is 17.8 Å². The van der Waals surface area contributed by atoms with Crippen LogP contribution >= 0.6 is 11.3 Å². The van der Waals surface area contributed by atoms with Crippen molar-refractivity contribution in [1.29, 1.82) is 0 Å². The molecule has 3 aromatic heterocycles. The Kier molecular flexibility index (Phi) is 14.9. The normalized spacial score (nSPS) is 12.0. The molecule has 0 aliphatic rings. The monoisotopic (exact) mass is 855 g/mol. The fraction of sp³-hybridized carbons (Fsp3) is 0.429. The van der Waals surface area contributed by atoms with Gasteiger partial charge in [0.05, 0.1) is 27.4 Å². The van der Waals surface area contributed by atoms with Gasteiger partial charge in [-0.2, -0.15) is 0 Å². The number of pyridine rings is 1. The number of thiophene rings is 1. The Bertz CT molecular complexity index is 1860. The van der Waals surface area contributed by atoms with E-state index >= 15 is 0 Å². The molecule has 5 nitrogen and oxygen atoms in total. The molecule has 0 saturated carbocycles. The van der Waals surface area contributed by atoms with Crippen molar-refractivity contribution in [3.63, 3.8) is 0 Å². The third-order valence-electron chi connectivity index (χ3n) is 8.99. The van der Waals surface area contributed by atoms with Crippen LogP contribution in [0.3, 0.4) is 0 Å². The molecule has 2 aromatic carbocycles. The number of ketones is 1. The first-order chi connectivity index (χ1) is 22.9. The first kappa shape index (κ1) is 40.2. The summed E-state index contributed by atoms with van der Waals surface area (Å²) in [6.45, 7) is 19.3. The Labute approximate surface area is 311 Å². The zero-order valence-electron chi connectivity index (χ0n) is 30.6. The van der Waals surface area contributed by atoms with Gasteiger partial charge in [0.2, 0.25) is 0 Å². The minimum absolute atomic E-state index is 0. The molecule has 5 rings (SSSR count). The molecule has 0 spiro atoms. The number of fused-ring (bicyclic) bond motifs is 2. The number of rotatable bonds is 11. The summed E-state index contributed by atoms with van der Waals surface area (Å²) < 4.78 is 1.28. The van der Waals surface area contributed by atoms with Gasteiger partial charge in [-0.1, -0.05) is 91.5 Å². The van der Waals surface area contributed by atoms with Crippen LogP contribution in [0, 0.1) is 23.8 Å². The number of carbonyl (C=O) groups is 1. The number of aliphatic hydroxyl groups is 1. The molecule has 0 aliphatic carbocycles. The number of benzene rings is 2. The fourth-order valence-corrected chi connectivity index (χ4v) is 7.02. The summed E-state index contributed by atoms with van der Waals surface area (Å²) in [5.74, 6) is 1.13. The van der Waals surface area contributed by atoms with E-state index in [0.29, 0.717) is 5.92 Å². The quantitative estimate of drug-likeness (QED) is 0.0814. The molecule has 1 N–H and O–H groups in total. The molecule has 0 saturated heterocycles. The van der Waals surface area contributed by atoms with Crippen LogP contribution in [-0.2, 0) is 36.7 Å². The average Bonchev–Trinajstić information content (AvgIpc) is 3.54. The summed E-state index contributed by atoms with van der Waals surface area (Å²) in [5, 5.41) is 14.2. The van der Waals surface area contributed by atoms with Crippen molar-refractivity contribution < 1.29 is 30.0 Å². The van der Waals surface area contributed by atoms with Crippen LogP contribution in [0.4, 0.5) is 0 Å². The van der Waals surface area contributed by atoms with Crippen LogP contribution in [0.15, 0.2) is 72.1 Å². The Morgan fingerprint density at radius 2 is 1.55 bits per heavy atom. The van der Waals surface area contributed by atoms with E-state index in [0.717, 1.165) is 65.7 Å². The summed E-state index contributed by atoms with van der Waals surface area (Å²) in [5.41, 5.74) is 7.29. The third-order valence-corrected chi connectivity index (χ3v) is 9.97. The van der Waals surface area contributed by atoms with Gasteiger partial charge >= 0.3 is 0 Å². The van der Waals surface area contributed by atoms with Crippen molar-refractivity contribution in [3.05, 3.63) is 89.3 Å². The minimum atomic E-state index is 0. The van der Waals surface area contributed by atoms with Crippen molar-refractivity contribution in [3.8, 4) is 22.6 Å². The zero-order chi connectivity index (χ0) is 35.0. The number of carbonyl (C=O) groups excluding carboxylic acids is 1. The zero-order valence-corrected chi connectivity index (χ0v) is 33.8. The van der Waals surface area contributed by atoms with E-state index in [1.807, 2.05) is 33.8 Å². The van der Waals surface area contributed by atoms with Gasteiger partial charge in [-0.25, -0.2) is 9.97 Å². The molecule has 0 atom stereocenters. The number of aromatic nitrogens is 3. The first-order valence-electron chi connectivity index (χ1n) is 17.5. The SMILES string of the molecule is CC(C)Cc1cc(-c2cc(-c3[c-]c4ccccc4c(C(C)(C)C)c3)ncn2)nc2ccsc12.CCC(CC)C(=O)/C=C(\O)C(CC)CC.[Ir]. The Morgan fingerprint density at radius 3 is 2.18 bits per heavy atom. The van der Waals surface area contributed by atoms with Crippen LogP contribution < -0.4 is 0 Å². The van der Waals surface area contributed by atoms with Gasteiger partial charge in [-0.3, -0.25) is 9.78 Å². The van der Waals surface area contributed by atoms with E-state index in [1.54, 1.807) is 17.7 Å². The molecule has 3 heterocycles. The molecule has 0 aliphatic heterocycles. The predicted octanol–water partition coefficient (Wildman–Crippen LogP) is 11.7. The summed E-state index contributed by atoms with van der Waals surface area (Å²) in [6, 6.07) is 20.6. The van der Waals surface area contributed by atoms with Crippen LogP contribution in [0.2, 0.25) is 0 Å². The molecule has 0 unspecified atom stereocenters. The van der Waals surface area contributed by atoms with E-state index in [9.17, 15) is 9.90 Å². The molecular weight excluding hydrogens is 803 g/mol. The second-order valence-corrected chi connectivity index (χ2v) is 15.0. The van der Waals surface area contributed by atoms with Gasteiger partial charge in [-0.05, 0) is 72.6 Å². The second-order valence-electron chi connectivity index (χ2n) is 14.1. The van der Waals surface area contributed by atoms with Gasteiger partial charge in [-0.15, -0.1) is 40.5 Å². The van der Waals surface area contributed by atoms with Gasteiger partial charge < -0.3 is 5.11 Å². The van der Waals surface area contributed by atoms with E-state index in [4.69, 9.17) is 4.98 Å². The van der Waals surface area contributed by atoms with E-state index in [-0.39, 0.29) is 48.9 Å². The molecule has 1 radical (unpaired) electrons. The molecular formula is C42H52IrN3O2S-. The molecule has 0 fully saturated rings. The van der Waals surface area contributed by atoms with Gasteiger partial charge in [0.15, 0.2) is 5.78 Å². The summed E-state index contributed by atoms with van der Waals surface area (Å²) in [6.07, 6.45) is 7.58. The van der Waals surface area contributed by atoms with Crippen molar-refractivity contribution in [2.45, 2.75) is 99.8 Å². The molecule has 7 heteroatoms. The Hall–Kier alpha value is -3.25. The third kappa shape index (κ3) is 10.2. The van der Waals surface area contributed by atoms with Crippen LogP contribution in [-0.4, -0.2) is 25.8 Å². The number of hydrogen-bond acceptors (Lipinski definition) is 6. The van der Waals surface area contributed by atoms with E-state index in [2.05, 4.69) is 98.5 Å². The maximum Gasteiger partial charge on any atom is 0.162 e. The van der Waals surface area contributed by atoms with Gasteiger partial charge in [0.1, 0.15) is 6.33 Å². The van der Waals surface area contributed by atoms with Crippen LogP contribution in [0.5, 0.6) is 0 Å². The standard InChI is InChI=1S/C29H28N3S.C13H24O2.Ir/c1-18(2)12-21-15-27(32-24-10-11-33-28(21)24)26-16-25(30-17-31-26)20-13-19-8-6-7-9-22(19)23(14-20)29(3,4)5;1-5-10(6-2)12(14)9-13(15)11(7-3)8-4;/h6-11,14-18H,12H2,1-5H3;9-11,14H,5-8H2,1-4H3;/q-1;;/b;12-9-;. The number of nitrogens with zero attached hydrogens (tertiary/aromatic N) is 3. The van der Waals surface area contributed by atoms with E-state index < -0.39 is 0 Å². The van der Waals surface area contributed by atoms with E-state index in [1.165, 1.54) is 27.3 Å².